The number of rotatable bonds is 2. The van der Waals surface area contributed by atoms with Gasteiger partial charge in [-0.25, -0.2) is 0 Å². The summed E-state index contributed by atoms with van der Waals surface area (Å²) in [5.41, 5.74) is 7.43. The van der Waals surface area contributed by atoms with E-state index in [1.807, 2.05) is 11.8 Å². The Bertz CT molecular complexity index is 1160. The monoisotopic (exact) mass is 407 g/mol. The van der Waals surface area contributed by atoms with E-state index in [1.54, 1.807) is 0 Å². The molecule has 0 saturated carbocycles. The van der Waals surface area contributed by atoms with Crippen LogP contribution < -0.4 is 14.7 Å². The molecule has 3 nitrogen and oxygen atoms in total. The van der Waals surface area contributed by atoms with Gasteiger partial charge in [-0.2, -0.15) is 0 Å². The first-order chi connectivity index (χ1) is 14.8. The van der Waals surface area contributed by atoms with Gasteiger partial charge in [0.05, 0.1) is 34.1 Å². The summed E-state index contributed by atoms with van der Waals surface area (Å²) >= 11 is 1.85. The highest BCUT2D eigenvalue weighted by Crippen LogP contribution is 2.51. The molecular weight excluding hydrogens is 386 g/mol. The highest BCUT2D eigenvalue weighted by molar-refractivity contribution is 7.99. The molecule has 30 heavy (non-hydrogen) atoms. The molecule has 2 aliphatic heterocycles. The zero-order chi connectivity index (χ0) is 20.1. The van der Waals surface area contributed by atoms with E-state index in [0.717, 1.165) is 6.67 Å². The fraction of sp³-hybridized carbons (Fsp3) is 0.0769. The van der Waals surface area contributed by atoms with Crippen molar-refractivity contribution in [2.24, 2.45) is 0 Å². The number of anilines is 6. The van der Waals surface area contributed by atoms with E-state index in [0.29, 0.717) is 0 Å². The van der Waals surface area contributed by atoms with Crippen LogP contribution in [-0.2, 0) is 0 Å². The van der Waals surface area contributed by atoms with Gasteiger partial charge in [0.2, 0.25) is 0 Å². The van der Waals surface area contributed by atoms with Crippen molar-refractivity contribution < 1.29 is 0 Å². The molecule has 6 rings (SSSR count). The summed E-state index contributed by atoms with van der Waals surface area (Å²) in [5, 5.41) is 0. The van der Waals surface area contributed by atoms with Gasteiger partial charge in [0.25, 0.3) is 0 Å². The molecule has 2 heterocycles. The van der Waals surface area contributed by atoms with E-state index >= 15 is 0 Å². The summed E-state index contributed by atoms with van der Waals surface area (Å²) in [6.07, 6.45) is 0. The highest BCUT2D eigenvalue weighted by Gasteiger charge is 2.30. The maximum absolute atomic E-state index is 2.44. The minimum Gasteiger partial charge on any atom is -0.341 e. The molecule has 0 spiro atoms. The zero-order valence-corrected chi connectivity index (χ0v) is 17.5. The Morgan fingerprint density at radius 2 is 0.867 bits per heavy atom. The number of hydrogen-bond acceptors (Lipinski definition) is 4. The second-order valence-electron chi connectivity index (χ2n) is 7.57. The van der Waals surface area contributed by atoms with Crippen molar-refractivity contribution in [2.75, 3.05) is 28.4 Å². The second-order valence-corrected chi connectivity index (χ2v) is 8.66. The Kier molecular flexibility index (Phi) is 3.99. The molecule has 0 atom stereocenters. The Balaban J connectivity index is 1.52. The molecule has 0 N–H and O–H groups in total. The third kappa shape index (κ3) is 2.61. The van der Waals surface area contributed by atoms with Crippen LogP contribution in [0, 0.1) is 0 Å². The number of para-hydroxylation sites is 6. The van der Waals surface area contributed by atoms with Crippen molar-refractivity contribution in [3.63, 3.8) is 0 Å². The molecule has 0 aliphatic carbocycles. The number of fused-ring (bicyclic) bond motifs is 4. The molecule has 0 fully saturated rings. The molecule has 0 radical (unpaired) electrons. The number of nitrogens with zero attached hydrogens (tertiary/aromatic N) is 3. The molecule has 0 amide bonds. The SMILES string of the molecule is CN1c2ccccc2N(CN2c3ccccc3Sc3ccccc32)c2ccccc21. The third-order valence-electron chi connectivity index (χ3n) is 5.88. The van der Waals surface area contributed by atoms with Crippen LogP contribution in [0.1, 0.15) is 0 Å². The van der Waals surface area contributed by atoms with Gasteiger partial charge in [0.15, 0.2) is 0 Å². The van der Waals surface area contributed by atoms with E-state index in [2.05, 4.69) is 119 Å². The topological polar surface area (TPSA) is 9.72 Å². The van der Waals surface area contributed by atoms with Gasteiger partial charge in [-0.05, 0) is 48.5 Å². The van der Waals surface area contributed by atoms with Crippen molar-refractivity contribution >= 4 is 45.9 Å². The van der Waals surface area contributed by atoms with Gasteiger partial charge < -0.3 is 14.7 Å². The molecular formula is C26H21N3S. The lowest BCUT2D eigenvalue weighted by molar-refractivity contribution is 0.890. The number of hydrogen-bond donors (Lipinski definition) is 0. The molecule has 0 bridgehead atoms. The predicted molar refractivity (Wildman–Crippen MR) is 127 cm³/mol. The van der Waals surface area contributed by atoms with Crippen molar-refractivity contribution in [3.8, 4) is 0 Å². The van der Waals surface area contributed by atoms with Gasteiger partial charge in [-0.1, -0.05) is 60.3 Å². The van der Waals surface area contributed by atoms with Gasteiger partial charge in [0, 0.05) is 16.8 Å². The van der Waals surface area contributed by atoms with Crippen LogP contribution in [0.15, 0.2) is 107 Å². The predicted octanol–water partition coefficient (Wildman–Crippen LogP) is 7.17. The Morgan fingerprint density at radius 1 is 0.500 bits per heavy atom. The average molecular weight is 408 g/mol. The van der Waals surface area contributed by atoms with Crippen LogP contribution in [-0.4, -0.2) is 13.7 Å². The first kappa shape index (κ1) is 17.5. The highest BCUT2D eigenvalue weighted by atomic mass is 32.2. The quantitative estimate of drug-likeness (QED) is 0.348. The van der Waals surface area contributed by atoms with Crippen LogP contribution in [0.4, 0.5) is 34.1 Å². The van der Waals surface area contributed by atoms with E-state index < -0.39 is 0 Å². The molecule has 0 saturated heterocycles. The second kappa shape index (κ2) is 6.85. The molecule has 4 aromatic rings. The van der Waals surface area contributed by atoms with Crippen molar-refractivity contribution in [1.29, 1.82) is 0 Å². The molecule has 4 heteroatoms. The minimum absolute atomic E-state index is 0.746. The molecule has 4 aromatic carbocycles. The standard InChI is InChI=1S/C26H21N3S/c1-27-19-10-2-4-12-21(19)28(22-13-5-3-11-20(22)27)18-29-23-14-6-8-16-25(23)30-26-17-9-7-15-24(26)29/h2-17H,18H2,1H3. The van der Waals surface area contributed by atoms with Gasteiger partial charge in [-0.15, -0.1) is 0 Å². The summed E-state index contributed by atoms with van der Waals surface area (Å²) in [6, 6.07) is 34.7. The molecule has 146 valence electrons. The first-order valence-electron chi connectivity index (χ1n) is 10.1. The van der Waals surface area contributed by atoms with Crippen LogP contribution in [0.25, 0.3) is 0 Å². The van der Waals surface area contributed by atoms with Crippen molar-refractivity contribution in [1.82, 2.24) is 0 Å². The zero-order valence-electron chi connectivity index (χ0n) is 16.7. The summed E-state index contributed by atoms with van der Waals surface area (Å²) < 4.78 is 0. The van der Waals surface area contributed by atoms with Crippen molar-refractivity contribution in [3.05, 3.63) is 97.1 Å². The summed E-state index contributed by atoms with van der Waals surface area (Å²) in [5.74, 6) is 0. The third-order valence-corrected chi connectivity index (χ3v) is 7.01. The van der Waals surface area contributed by atoms with E-state index in [9.17, 15) is 0 Å². The first-order valence-corrected chi connectivity index (χ1v) is 11.0. The minimum atomic E-state index is 0.746. The number of benzene rings is 4. The van der Waals surface area contributed by atoms with Crippen LogP contribution in [0.3, 0.4) is 0 Å². The average Bonchev–Trinajstić information content (AvgIpc) is 2.81. The normalized spacial score (nSPS) is 14.0. The summed E-state index contributed by atoms with van der Waals surface area (Å²) in [7, 11) is 2.15. The van der Waals surface area contributed by atoms with Crippen LogP contribution >= 0.6 is 11.8 Å². The molecule has 0 unspecified atom stereocenters. The summed E-state index contributed by atoms with van der Waals surface area (Å²) in [4.78, 5) is 9.77. The Labute approximate surface area is 181 Å². The summed E-state index contributed by atoms with van der Waals surface area (Å²) in [6.45, 7) is 0.746. The van der Waals surface area contributed by atoms with Gasteiger partial charge in [0.1, 0.15) is 6.67 Å². The van der Waals surface area contributed by atoms with E-state index in [-0.39, 0.29) is 0 Å². The largest absolute Gasteiger partial charge is 0.341 e. The maximum atomic E-state index is 2.44. The lowest BCUT2D eigenvalue weighted by Gasteiger charge is -2.42. The Hall–Kier alpha value is -3.37. The van der Waals surface area contributed by atoms with Crippen LogP contribution in [0.2, 0.25) is 0 Å². The van der Waals surface area contributed by atoms with Crippen LogP contribution in [0.5, 0.6) is 0 Å². The smallest absolute Gasteiger partial charge is 0.100 e. The molecule has 2 aliphatic rings. The van der Waals surface area contributed by atoms with E-state index in [4.69, 9.17) is 0 Å². The maximum Gasteiger partial charge on any atom is 0.100 e. The Morgan fingerprint density at radius 3 is 1.37 bits per heavy atom. The van der Waals surface area contributed by atoms with E-state index in [1.165, 1.54) is 43.9 Å². The molecule has 0 aromatic heterocycles. The van der Waals surface area contributed by atoms with Gasteiger partial charge in [-0.3, -0.25) is 0 Å². The fourth-order valence-electron chi connectivity index (χ4n) is 4.44. The lowest BCUT2D eigenvalue weighted by Crippen LogP contribution is -2.36. The van der Waals surface area contributed by atoms with Gasteiger partial charge >= 0.3 is 0 Å². The fourth-order valence-corrected chi connectivity index (χ4v) is 5.53. The lowest BCUT2D eigenvalue weighted by atomic mass is 10.1. The van der Waals surface area contributed by atoms with Crippen molar-refractivity contribution in [2.45, 2.75) is 9.79 Å².